The smallest absolute Gasteiger partial charge is 0.267 e. The van der Waals surface area contributed by atoms with E-state index in [4.69, 9.17) is 9.94 Å². The summed E-state index contributed by atoms with van der Waals surface area (Å²) < 4.78 is 1.40. The van der Waals surface area contributed by atoms with Crippen LogP contribution in [0.4, 0.5) is 0 Å². The molecule has 1 saturated heterocycles. The molecule has 1 amide bonds. The summed E-state index contributed by atoms with van der Waals surface area (Å²) in [5.74, 6) is -0.243. The molecule has 14 heavy (non-hydrogen) atoms. The standard InChI is InChI=1S/C7H10N4O3/c12-6-1-11(14-3-6)7(13)2-10-5-8-4-9-10/h4-6,12H,1-3H2/t6-/m0/s1. The number of aliphatic hydroxyl groups excluding tert-OH is 1. The third-order valence-corrected chi connectivity index (χ3v) is 1.84. The predicted molar refractivity (Wildman–Crippen MR) is 43.7 cm³/mol. The van der Waals surface area contributed by atoms with Gasteiger partial charge in [0.2, 0.25) is 0 Å². The van der Waals surface area contributed by atoms with Gasteiger partial charge in [0.1, 0.15) is 25.8 Å². The molecule has 1 aliphatic rings. The van der Waals surface area contributed by atoms with Crippen molar-refractivity contribution in [1.29, 1.82) is 0 Å². The van der Waals surface area contributed by atoms with Crippen LogP contribution in [-0.4, -0.2) is 50.1 Å². The number of rotatable bonds is 2. The molecule has 1 fully saturated rings. The first-order chi connectivity index (χ1) is 6.75. The van der Waals surface area contributed by atoms with Crippen molar-refractivity contribution < 1.29 is 14.7 Å². The van der Waals surface area contributed by atoms with E-state index >= 15 is 0 Å². The second kappa shape index (κ2) is 3.72. The van der Waals surface area contributed by atoms with Crippen LogP contribution >= 0.6 is 0 Å². The summed E-state index contributed by atoms with van der Waals surface area (Å²) in [4.78, 5) is 20.1. The highest BCUT2D eigenvalue weighted by atomic mass is 16.7. The van der Waals surface area contributed by atoms with Crippen LogP contribution in [0.2, 0.25) is 0 Å². The Bertz CT molecular complexity index is 313. The number of aliphatic hydroxyl groups is 1. The number of amides is 1. The van der Waals surface area contributed by atoms with Crippen molar-refractivity contribution >= 4 is 5.91 Å². The van der Waals surface area contributed by atoms with Gasteiger partial charge in [0.15, 0.2) is 0 Å². The van der Waals surface area contributed by atoms with E-state index in [0.717, 1.165) is 5.06 Å². The van der Waals surface area contributed by atoms with Crippen LogP contribution in [0.15, 0.2) is 12.7 Å². The first-order valence-corrected chi connectivity index (χ1v) is 4.19. The Morgan fingerprint density at radius 3 is 3.14 bits per heavy atom. The number of carbonyl (C=O) groups excluding carboxylic acids is 1. The molecule has 76 valence electrons. The van der Waals surface area contributed by atoms with Crippen LogP contribution in [0.25, 0.3) is 0 Å². The monoisotopic (exact) mass is 198 g/mol. The lowest BCUT2D eigenvalue weighted by Crippen LogP contribution is -2.31. The lowest BCUT2D eigenvalue weighted by Gasteiger charge is -2.12. The Morgan fingerprint density at radius 2 is 2.57 bits per heavy atom. The van der Waals surface area contributed by atoms with Gasteiger partial charge in [-0.3, -0.25) is 9.63 Å². The second-order valence-electron chi connectivity index (χ2n) is 3.00. The Hall–Kier alpha value is -1.47. The molecule has 0 aromatic carbocycles. The highest BCUT2D eigenvalue weighted by molar-refractivity contribution is 5.74. The summed E-state index contributed by atoms with van der Waals surface area (Å²) in [5, 5.41) is 14.1. The van der Waals surface area contributed by atoms with Crippen LogP contribution < -0.4 is 0 Å². The van der Waals surface area contributed by atoms with Crippen molar-refractivity contribution in [3.8, 4) is 0 Å². The molecule has 7 heteroatoms. The Morgan fingerprint density at radius 1 is 1.71 bits per heavy atom. The molecule has 0 spiro atoms. The molecular formula is C7H10N4O3. The SMILES string of the molecule is O=C(Cn1cncn1)N1C[C@H](O)CO1. The molecule has 0 saturated carbocycles. The van der Waals surface area contributed by atoms with E-state index in [-0.39, 0.29) is 25.6 Å². The zero-order valence-corrected chi connectivity index (χ0v) is 7.41. The maximum Gasteiger partial charge on any atom is 0.267 e. The van der Waals surface area contributed by atoms with Gasteiger partial charge in [0.25, 0.3) is 5.91 Å². The fraction of sp³-hybridized carbons (Fsp3) is 0.571. The van der Waals surface area contributed by atoms with Gasteiger partial charge in [-0.1, -0.05) is 0 Å². The molecule has 0 bridgehead atoms. The van der Waals surface area contributed by atoms with Gasteiger partial charge in [-0.15, -0.1) is 0 Å². The topological polar surface area (TPSA) is 80.5 Å². The molecule has 1 atom stereocenters. The van der Waals surface area contributed by atoms with Gasteiger partial charge in [-0.25, -0.2) is 14.7 Å². The summed E-state index contributed by atoms with van der Waals surface area (Å²) in [7, 11) is 0. The Labute approximate surface area is 79.9 Å². The van der Waals surface area contributed by atoms with Crippen LogP contribution in [0.5, 0.6) is 0 Å². The maximum absolute atomic E-state index is 11.5. The normalized spacial score (nSPS) is 21.5. The molecule has 2 heterocycles. The summed E-state index contributed by atoms with van der Waals surface area (Å²) in [5.41, 5.74) is 0. The van der Waals surface area contributed by atoms with Gasteiger partial charge in [-0.2, -0.15) is 5.10 Å². The third-order valence-electron chi connectivity index (χ3n) is 1.84. The fourth-order valence-corrected chi connectivity index (χ4v) is 1.18. The average molecular weight is 198 g/mol. The quantitative estimate of drug-likeness (QED) is 0.619. The first-order valence-electron chi connectivity index (χ1n) is 4.19. The molecule has 0 unspecified atom stereocenters. The maximum atomic E-state index is 11.5. The van der Waals surface area contributed by atoms with Crippen LogP contribution in [0.1, 0.15) is 0 Å². The first kappa shape index (κ1) is 9.10. The molecule has 2 rings (SSSR count). The number of nitrogens with zero attached hydrogens (tertiary/aromatic N) is 4. The van der Waals surface area contributed by atoms with Gasteiger partial charge < -0.3 is 5.11 Å². The van der Waals surface area contributed by atoms with Gasteiger partial charge in [0.05, 0.1) is 12.6 Å². The van der Waals surface area contributed by atoms with Gasteiger partial charge >= 0.3 is 0 Å². The molecule has 1 aromatic rings. The molecule has 7 nitrogen and oxygen atoms in total. The number of hydrogen-bond donors (Lipinski definition) is 1. The summed E-state index contributed by atoms with van der Waals surface area (Å²) in [6.07, 6.45) is 2.21. The summed E-state index contributed by atoms with van der Waals surface area (Å²) in [6, 6.07) is 0. The zero-order chi connectivity index (χ0) is 9.97. The van der Waals surface area contributed by atoms with E-state index < -0.39 is 6.10 Å². The van der Waals surface area contributed by atoms with Gasteiger partial charge in [0, 0.05) is 0 Å². The minimum Gasteiger partial charge on any atom is -0.389 e. The number of β-amino-alcohol motifs (C(OH)–C–C–N with tert-alkyl or cyclic N) is 1. The fourth-order valence-electron chi connectivity index (χ4n) is 1.18. The van der Waals surface area contributed by atoms with Gasteiger partial charge in [-0.05, 0) is 0 Å². The van der Waals surface area contributed by atoms with Crippen LogP contribution in [-0.2, 0) is 16.2 Å². The van der Waals surface area contributed by atoms with E-state index in [9.17, 15) is 4.79 Å². The van der Waals surface area contributed by atoms with E-state index in [1.54, 1.807) is 0 Å². The lowest BCUT2D eigenvalue weighted by molar-refractivity contribution is -0.169. The van der Waals surface area contributed by atoms with E-state index in [0.29, 0.717) is 0 Å². The van der Waals surface area contributed by atoms with Crippen molar-refractivity contribution in [2.75, 3.05) is 13.2 Å². The van der Waals surface area contributed by atoms with E-state index in [1.807, 2.05) is 0 Å². The highest BCUT2D eigenvalue weighted by Gasteiger charge is 2.26. The highest BCUT2D eigenvalue weighted by Crippen LogP contribution is 2.05. The van der Waals surface area contributed by atoms with Crippen LogP contribution in [0.3, 0.4) is 0 Å². The Balaban J connectivity index is 1.90. The summed E-state index contributed by atoms with van der Waals surface area (Å²) >= 11 is 0. The van der Waals surface area contributed by atoms with E-state index in [2.05, 4.69) is 10.1 Å². The molecule has 1 aromatic heterocycles. The third kappa shape index (κ3) is 1.88. The minimum atomic E-state index is -0.588. The predicted octanol–water partition coefficient (Wildman–Crippen LogP) is -1.59. The molecular weight excluding hydrogens is 188 g/mol. The number of hydroxylamine groups is 2. The van der Waals surface area contributed by atoms with Crippen molar-refractivity contribution in [3.05, 3.63) is 12.7 Å². The second-order valence-corrected chi connectivity index (χ2v) is 3.00. The molecule has 0 aliphatic carbocycles. The summed E-state index contributed by atoms with van der Waals surface area (Å²) in [6.45, 7) is 0.462. The molecule has 0 radical (unpaired) electrons. The minimum absolute atomic E-state index is 0.0761. The number of carbonyl (C=O) groups is 1. The number of hydrogen-bond acceptors (Lipinski definition) is 5. The molecule has 1 N–H and O–H groups in total. The van der Waals surface area contributed by atoms with Crippen molar-refractivity contribution in [1.82, 2.24) is 19.8 Å². The van der Waals surface area contributed by atoms with E-state index in [1.165, 1.54) is 17.3 Å². The van der Waals surface area contributed by atoms with Crippen molar-refractivity contribution in [3.63, 3.8) is 0 Å². The average Bonchev–Trinajstić information content (AvgIpc) is 2.75. The largest absolute Gasteiger partial charge is 0.389 e. The lowest BCUT2D eigenvalue weighted by atomic mass is 10.4. The molecule has 1 aliphatic heterocycles. The Kier molecular flexibility index (Phi) is 2.42. The van der Waals surface area contributed by atoms with Crippen molar-refractivity contribution in [2.24, 2.45) is 0 Å². The van der Waals surface area contributed by atoms with Crippen LogP contribution in [0, 0.1) is 0 Å². The number of aromatic nitrogens is 3. The van der Waals surface area contributed by atoms with Crippen molar-refractivity contribution in [2.45, 2.75) is 12.6 Å². The zero-order valence-electron chi connectivity index (χ0n) is 7.41.